The Labute approximate surface area is 170 Å². The molecule has 6 heteroatoms. The Morgan fingerprint density at radius 3 is 2.62 bits per heavy atom. The first-order chi connectivity index (χ1) is 14.2. The van der Waals surface area contributed by atoms with Crippen molar-refractivity contribution in [2.45, 2.75) is 25.8 Å². The molecular weight excluding hydrogens is 370 g/mol. The number of hydrogen-bond donors (Lipinski definition) is 1. The van der Waals surface area contributed by atoms with Gasteiger partial charge in [0.05, 0.1) is 6.04 Å². The molecule has 0 aliphatic carbocycles. The van der Waals surface area contributed by atoms with E-state index in [1.807, 2.05) is 36.4 Å². The van der Waals surface area contributed by atoms with Gasteiger partial charge in [0.1, 0.15) is 13.2 Å². The lowest BCUT2D eigenvalue weighted by atomic mass is 10.0. The normalized spacial score (nSPS) is 13.7. The van der Waals surface area contributed by atoms with Crippen LogP contribution in [-0.4, -0.2) is 31.7 Å². The number of nitrogens with one attached hydrogen (secondary N) is 1. The smallest absolute Gasteiger partial charge is 0.331 e. The molecule has 1 amide bonds. The van der Waals surface area contributed by atoms with Gasteiger partial charge in [0.15, 0.2) is 18.1 Å². The van der Waals surface area contributed by atoms with E-state index in [2.05, 4.69) is 12.2 Å². The molecule has 0 aromatic heterocycles. The van der Waals surface area contributed by atoms with Crippen LogP contribution < -0.4 is 14.8 Å². The van der Waals surface area contributed by atoms with E-state index < -0.39 is 5.97 Å². The zero-order valence-electron chi connectivity index (χ0n) is 16.4. The maximum atomic E-state index is 12.2. The van der Waals surface area contributed by atoms with Gasteiger partial charge >= 0.3 is 5.97 Å². The first-order valence-electron chi connectivity index (χ1n) is 9.74. The SMILES string of the molecule is CCC[C@@H](NC(=O)COC(=O)/C=C/c1ccc2c(c1)OCCO2)c1ccccc1. The molecular formula is C23H25NO5. The number of rotatable bonds is 8. The maximum absolute atomic E-state index is 12.2. The fourth-order valence-electron chi connectivity index (χ4n) is 3.04. The molecule has 0 bridgehead atoms. The summed E-state index contributed by atoms with van der Waals surface area (Å²) < 4.78 is 16.0. The lowest BCUT2D eigenvalue weighted by Gasteiger charge is -2.18. The lowest BCUT2D eigenvalue weighted by Crippen LogP contribution is -2.32. The van der Waals surface area contributed by atoms with Gasteiger partial charge in [-0.25, -0.2) is 4.79 Å². The maximum Gasteiger partial charge on any atom is 0.331 e. The zero-order valence-corrected chi connectivity index (χ0v) is 16.4. The van der Waals surface area contributed by atoms with Crippen molar-refractivity contribution in [3.8, 4) is 11.5 Å². The van der Waals surface area contributed by atoms with Crippen molar-refractivity contribution < 1.29 is 23.8 Å². The summed E-state index contributed by atoms with van der Waals surface area (Å²) in [7, 11) is 0. The lowest BCUT2D eigenvalue weighted by molar-refractivity contribution is -0.144. The summed E-state index contributed by atoms with van der Waals surface area (Å²) in [6, 6.07) is 15.1. The number of benzene rings is 2. The van der Waals surface area contributed by atoms with Crippen LogP contribution in [0.3, 0.4) is 0 Å². The molecule has 2 aromatic rings. The van der Waals surface area contributed by atoms with Crippen LogP contribution in [0.2, 0.25) is 0 Å². The van der Waals surface area contributed by atoms with Crippen LogP contribution in [0.15, 0.2) is 54.6 Å². The Kier molecular flexibility index (Phi) is 7.28. The summed E-state index contributed by atoms with van der Waals surface area (Å²) in [4.78, 5) is 24.1. The number of fused-ring (bicyclic) bond motifs is 1. The minimum absolute atomic E-state index is 0.0966. The average Bonchev–Trinajstić information content (AvgIpc) is 2.76. The number of hydrogen-bond acceptors (Lipinski definition) is 5. The predicted octanol–water partition coefficient (Wildman–Crippen LogP) is 3.67. The molecule has 0 saturated heterocycles. The van der Waals surface area contributed by atoms with Crippen LogP contribution in [0.5, 0.6) is 11.5 Å². The van der Waals surface area contributed by atoms with Crippen LogP contribution >= 0.6 is 0 Å². The van der Waals surface area contributed by atoms with Crippen molar-refractivity contribution in [3.05, 3.63) is 65.7 Å². The van der Waals surface area contributed by atoms with Crippen molar-refractivity contribution in [2.75, 3.05) is 19.8 Å². The van der Waals surface area contributed by atoms with Gasteiger partial charge in [0.25, 0.3) is 5.91 Å². The van der Waals surface area contributed by atoms with Gasteiger partial charge in [-0.3, -0.25) is 4.79 Å². The van der Waals surface area contributed by atoms with Crippen LogP contribution in [-0.2, 0) is 14.3 Å². The number of esters is 1. The molecule has 152 valence electrons. The highest BCUT2D eigenvalue weighted by Gasteiger charge is 2.15. The third-order valence-corrected chi connectivity index (χ3v) is 4.44. The molecule has 1 aliphatic heterocycles. The summed E-state index contributed by atoms with van der Waals surface area (Å²) in [6.45, 7) is 2.77. The average molecular weight is 395 g/mol. The summed E-state index contributed by atoms with van der Waals surface area (Å²) in [5.41, 5.74) is 1.82. The summed E-state index contributed by atoms with van der Waals surface area (Å²) in [5.74, 6) is 0.428. The van der Waals surface area contributed by atoms with Crippen molar-refractivity contribution >= 4 is 18.0 Å². The highest BCUT2D eigenvalue weighted by atomic mass is 16.6. The molecule has 1 atom stereocenters. The van der Waals surface area contributed by atoms with Gasteiger partial charge in [0.2, 0.25) is 0 Å². The zero-order chi connectivity index (χ0) is 20.5. The largest absolute Gasteiger partial charge is 0.486 e. The number of ether oxygens (including phenoxy) is 3. The second-order valence-electron chi connectivity index (χ2n) is 6.66. The monoisotopic (exact) mass is 395 g/mol. The van der Waals surface area contributed by atoms with Gasteiger partial charge < -0.3 is 19.5 Å². The van der Waals surface area contributed by atoms with Crippen molar-refractivity contribution in [1.29, 1.82) is 0 Å². The molecule has 0 unspecified atom stereocenters. The third kappa shape index (κ3) is 6.10. The highest BCUT2D eigenvalue weighted by Crippen LogP contribution is 2.31. The molecule has 1 heterocycles. The molecule has 29 heavy (non-hydrogen) atoms. The van der Waals surface area contributed by atoms with E-state index in [9.17, 15) is 9.59 Å². The van der Waals surface area contributed by atoms with Crippen molar-refractivity contribution in [1.82, 2.24) is 5.32 Å². The Hall–Kier alpha value is -3.28. The quantitative estimate of drug-likeness (QED) is 0.545. The van der Waals surface area contributed by atoms with Gasteiger partial charge in [0, 0.05) is 6.08 Å². The second kappa shape index (κ2) is 10.3. The van der Waals surface area contributed by atoms with Crippen LogP contribution in [0.1, 0.15) is 36.9 Å². The van der Waals surface area contributed by atoms with Crippen molar-refractivity contribution in [2.24, 2.45) is 0 Å². The first-order valence-corrected chi connectivity index (χ1v) is 9.74. The van der Waals surface area contributed by atoms with E-state index in [0.29, 0.717) is 24.7 Å². The summed E-state index contributed by atoms with van der Waals surface area (Å²) in [6.07, 6.45) is 4.65. The standard InChI is InChI=1S/C23H25NO5/c1-2-6-19(18-7-4-3-5-8-18)24-22(25)16-29-23(26)12-10-17-9-11-20-21(15-17)28-14-13-27-20/h3-5,7-12,15,19H,2,6,13-14,16H2,1H3,(H,24,25)/b12-10+/t19-/m1/s1. The molecule has 0 spiro atoms. The molecule has 0 saturated carbocycles. The van der Waals surface area contributed by atoms with Crippen LogP contribution in [0.4, 0.5) is 0 Å². The predicted molar refractivity (Wildman–Crippen MR) is 110 cm³/mol. The highest BCUT2D eigenvalue weighted by molar-refractivity contribution is 5.89. The fraction of sp³-hybridized carbons (Fsp3) is 0.304. The minimum atomic E-state index is -0.582. The number of amides is 1. The molecule has 0 radical (unpaired) electrons. The summed E-state index contributed by atoms with van der Waals surface area (Å²) >= 11 is 0. The molecule has 2 aromatic carbocycles. The third-order valence-electron chi connectivity index (χ3n) is 4.44. The molecule has 1 aliphatic rings. The van der Waals surface area contributed by atoms with Crippen LogP contribution in [0, 0.1) is 0 Å². The summed E-state index contributed by atoms with van der Waals surface area (Å²) in [5, 5.41) is 2.93. The van der Waals surface area contributed by atoms with E-state index in [1.54, 1.807) is 18.2 Å². The number of carbonyl (C=O) groups excluding carboxylic acids is 2. The van der Waals surface area contributed by atoms with Gasteiger partial charge in [-0.1, -0.05) is 49.7 Å². The minimum Gasteiger partial charge on any atom is -0.486 e. The van der Waals surface area contributed by atoms with Crippen molar-refractivity contribution in [3.63, 3.8) is 0 Å². The molecule has 0 fully saturated rings. The van der Waals surface area contributed by atoms with E-state index in [4.69, 9.17) is 14.2 Å². The number of carbonyl (C=O) groups is 2. The molecule has 6 nitrogen and oxygen atoms in total. The molecule has 1 N–H and O–H groups in total. The van der Waals surface area contributed by atoms with Crippen LogP contribution in [0.25, 0.3) is 6.08 Å². The molecule has 3 rings (SSSR count). The Morgan fingerprint density at radius 1 is 1.10 bits per heavy atom. The Balaban J connectivity index is 1.49. The Bertz CT molecular complexity index is 863. The van der Waals surface area contributed by atoms with E-state index >= 15 is 0 Å². The Morgan fingerprint density at radius 2 is 1.86 bits per heavy atom. The second-order valence-corrected chi connectivity index (χ2v) is 6.66. The van der Waals surface area contributed by atoms with E-state index in [-0.39, 0.29) is 18.6 Å². The van der Waals surface area contributed by atoms with E-state index in [1.165, 1.54) is 6.08 Å². The van der Waals surface area contributed by atoms with E-state index in [0.717, 1.165) is 24.0 Å². The van der Waals surface area contributed by atoms with Gasteiger partial charge in [-0.15, -0.1) is 0 Å². The fourth-order valence-corrected chi connectivity index (χ4v) is 3.04. The van der Waals surface area contributed by atoms with Gasteiger partial charge in [-0.2, -0.15) is 0 Å². The first kappa shape index (κ1) is 20.5. The van der Waals surface area contributed by atoms with Gasteiger partial charge in [-0.05, 0) is 35.8 Å². The topological polar surface area (TPSA) is 73.9 Å².